The number of thioether (sulfide) groups is 1. The van der Waals surface area contributed by atoms with Gasteiger partial charge in [0.25, 0.3) is 0 Å². The Balaban J connectivity index is 1.59. The zero-order valence-corrected chi connectivity index (χ0v) is 19.8. The van der Waals surface area contributed by atoms with Crippen LogP contribution < -0.4 is 10.6 Å². The van der Waals surface area contributed by atoms with Gasteiger partial charge in [0.1, 0.15) is 12.3 Å². The van der Waals surface area contributed by atoms with Crippen molar-refractivity contribution in [1.29, 1.82) is 0 Å². The highest BCUT2D eigenvalue weighted by Crippen LogP contribution is 2.32. The molecule has 2 aromatic carbocycles. The van der Waals surface area contributed by atoms with E-state index in [1.807, 2.05) is 18.4 Å². The van der Waals surface area contributed by atoms with E-state index in [-0.39, 0.29) is 12.3 Å². The molecule has 1 aromatic heterocycles. The molecule has 0 bridgehead atoms. The third kappa shape index (κ3) is 5.95. The maximum Gasteiger partial charge on any atom is 0.406 e. The third-order valence-corrected chi connectivity index (χ3v) is 6.76. The van der Waals surface area contributed by atoms with E-state index in [0.29, 0.717) is 22.9 Å². The number of aromatic nitrogens is 1. The molecule has 1 aliphatic rings. The van der Waals surface area contributed by atoms with Gasteiger partial charge in [0.2, 0.25) is 0 Å². The first-order chi connectivity index (χ1) is 16.3. The number of hydrogen-bond acceptors (Lipinski definition) is 4. The molecule has 0 aliphatic heterocycles. The summed E-state index contributed by atoms with van der Waals surface area (Å²) in [6, 6.07) is 12.8. The number of nitrogens with one attached hydrogen (secondary N) is 2. The topological polar surface area (TPSA) is 49.2 Å². The van der Waals surface area contributed by atoms with Crippen molar-refractivity contribution in [3.05, 3.63) is 48.2 Å². The fourth-order valence-corrected chi connectivity index (χ4v) is 4.83. The fourth-order valence-electron chi connectivity index (χ4n) is 4.39. The van der Waals surface area contributed by atoms with Crippen LogP contribution in [0.5, 0.6) is 5.75 Å². The first-order valence-electron chi connectivity index (χ1n) is 11.4. The van der Waals surface area contributed by atoms with Crippen molar-refractivity contribution >= 4 is 34.0 Å². The molecule has 3 aromatic rings. The van der Waals surface area contributed by atoms with E-state index in [1.165, 1.54) is 35.6 Å². The van der Waals surface area contributed by atoms with Gasteiger partial charge in [-0.25, -0.2) is 0 Å². The van der Waals surface area contributed by atoms with E-state index < -0.39 is 12.7 Å². The highest BCUT2D eigenvalue weighted by Gasteiger charge is 2.30. The zero-order valence-electron chi connectivity index (χ0n) is 19.0. The number of fused-ring (bicyclic) bond motifs is 1. The van der Waals surface area contributed by atoms with Gasteiger partial charge in [0.05, 0.1) is 23.4 Å². The lowest BCUT2D eigenvalue weighted by atomic mass is 9.95. The van der Waals surface area contributed by atoms with Crippen molar-refractivity contribution in [3.63, 3.8) is 0 Å². The van der Waals surface area contributed by atoms with E-state index in [9.17, 15) is 18.3 Å². The number of anilines is 2. The molecule has 1 saturated carbocycles. The zero-order chi connectivity index (χ0) is 24.1. The first kappa shape index (κ1) is 24.2. The number of phenolic OH excluding ortho intramolecular Hbond substituents is 1. The van der Waals surface area contributed by atoms with Crippen molar-refractivity contribution in [2.45, 2.75) is 55.8 Å². The van der Waals surface area contributed by atoms with E-state index in [4.69, 9.17) is 0 Å². The Labute approximate surface area is 201 Å². The maximum absolute atomic E-state index is 13.4. The van der Waals surface area contributed by atoms with Gasteiger partial charge < -0.3 is 20.3 Å². The van der Waals surface area contributed by atoms with Gasteiger partial charge in [0, 0.05) is 22.0 Å². The Morgan fingerprint density at radius 2 is 1.88 bits per heavy atom. The van der Waals surface area contributed by atoms with Crippen LogP contribution in [0.2, 0.25) is 0 Å². The summed E-state index contributed by atoms with van der Waals surface area (Å²) in [7, 11) is 0. The minimum atomic E-state index is -4.36. The van der Waals surface area contributed by atoms with Crippen molar-refractivity contribution in [2.75, 3.05) is 23.4 Å². The van der Waals surface area contributed by atoms with Crippen LogP contribution in [0.15, 0.2) is 47.4 Å². The van der Waals surface area contributed by atoms with Gasteiger partial charge >= 0.3 is 6.18 Å². The molecular formula is C26H28F3N3OS. The Bertz CT molecular complexity index is 1200. The monoisotopic (exact) mass is 487 g/mol. The largest absolute Gasteiger partial charge is 0.506 e. The van der Waals surface area contributed by atoms with Gasteiger partial charge in [-0.05, 0) is 61.4 Å². The Morgan fingerprint density at radius 3 is 2.59 bits per heavy atom. The second kappa shape index (κ2) is 10.6. The van der Waals surface area contributed by atoms with Crippen molar-refractivity contribution < 1.29 is 18.3 Å². The molecule has 4 nitrogen and oxygen atoms in total. The number of benzene rings is 2. The Hall–Kier alpha value is -2.92. The summed E-state index contributed by atoms with van der Waals surface area (Å²) in [5, 5.41) is 17.4. The van der Waals surface area contributed by atoms with Crippen LogP contribution in [0, 0.1) is 11.8 Å². The van der Waals surface area contributed by atoms with Gasteiger partial charge in [-0.3, -0.25) is 0 Å². The molecule has 1 aliphatic carbocycles. The summed E-state index contributed by atoms with van der Waals surface area (Å²) in [5.74, 6) is 5.92. The van der Waals surface area contributed by atoms with Crippen LogP contribution in [-0.2, 0) is 6.54 Å². The molecule has 3 N–H and O–H groups in total. The van der Waals surface area contributed by atoms with Crippen LogP contribution in [0.3, 0.4) is 0 Å². The molecule has 0 unspecified atom stereocenters. The van der Waals surface area contributed by atoms with E-state index in [1.54, 1.807) is 30.3 Å². The lowest BCUT2D eigenvalue weighted by molar-refractivity contribution is -0.140. The van der Waals surface area contributed by atoms with Crippen LogP contribution in [0.25, 0.3) is 10.9 Å². The molecule has 0 atom stereocenters. The average molecular weight is 488 g/mol. The molecule has 0 radical (unpaired) electrons. The van der Waals surface area contributed by atoms with Crippen molar-refractivity contribution in [1.82, 2.24) is 4.57 Å². The number of alkyl halides is 3. The summed E-state index contributed by atoms with van der Waals surface area (Å²) in [5.41, 5.74) is 2.21. The van der Waals surface area contributed by atoms with E-state index >= 15 is 0 Å². The standard InChI is InChI=1S/C26H28F3N3OS/c1-34-20-12-13-23(25(33)16-20)30-14-6-9-19-15-21-22(31-18-7-3-2-4-8-18)10-5-11-24(21)32(19)17-26(27,28)29/h5,10-13,15-16,18,30-31,33H,2-4,7-8,14,17H2,1H3. The molecule has 180 valence electrons. The van der Waals surface area contributed by atoms with Crippen molar-refractivity contribution in [2.24, 2.45) is 0 Å². The predicted molar refractivity (Wildman–Crippen MR) is 134 cm³/mol. The lowest BCUT2D eigenvalue weighted by Crippen LogP contribution is -2.22. The minimum Gasteiger partial charge on any atom is -0.506 e. The number of nitrogens with zero attached hydrogens (tertiary/aromatic N) is 1. The quantitative estimate of drug-likeness (QED) is 0.202. The highest BCUT2D eigenvalue weighted by atomic mass is 32.2. The summed E-state index contributed by atoms with van der Waals surface area (Å²) in [6.45, 7) is -0.912. The fraction of sp³-hybridized carbons (Fsp3) is 0.385. The van der Waals surface area contributed by atoms with Crippen LogP contribution in [0.1, 0.15) is 37.8 Å². The van der Waals surface area contributed by atoms with E-state index in [0.717, 1.165) is 28.8 Å². The van der Waals surface area contributed by atoms with Gasteiger partial charge in [-0.15, -0.1) is 11.8 Å². The summed E-state index contributed by atoms with van der Waals surface area (Å²) in [6.07, 6.45) is 3.27. The molecule has 0 spiro atoms. The second-order valence-electron chi connectivity index (χ2n) is 8.49. The SMILES string of the molecule is CSc1ccc(NCC#Cc2cc3c(NC4CCCCC4)cccc3n2CC(F)(F)F)c(O)c1. The van der Waals surface area contributed by atoms with Gasteiger partial charge in [-0.1, -0.05) is 31.2 Å². The average Bonchev–Trinajstić information content (AvgIpc) is 3.15. The number of halogens is 3. The van der Waals surface area contributed by atoms with Crippen molar-refractivity contribution in [3.8, 4) is 17.6 Å². The molecule has 0 amide bonds. The van der Waals surface area contributed by atoms with Gasteiger partial charge in [0.15, 0.2) is 0 Å². The molecule has 8 heteroatoms. The summed E-state index contributed by atoms with van der Waals surface area (Å²) < 4.78 is 41.4. The summed E-state index contributed by atoms with van der Waals surface area (Å²) in [4.78, 5) is 0.934. The number of phenols is 1. The first-order valence-corrected chi connectivity index (χ1v) is 12.6. The third-order valence-electron chi connectivity index (χ3n) is 6.04. The summed E-state index contributed by atoms with van der Waals surface area (Å²) >= 11 is 1.52. The molecular weight excluding hydrogens is 459 g/mol. The molecule has 1 heterocycles. The van der Waals surface area contributed by atoms with Gasteiger partial charge in [-0.2, -0.15) is 13.2 Å². The number of rotatable bonds is 6. The lowest BCUT2D eigenvalue weighted by Gasteiger charge is -2.24. The normalized spacial score (nSPS) is 14.6. The van der Waals surface area contributed by atoms with Crippen LogP contribution in [0.4, 0.5) is 24.5 Å². The molecule has 34 heavy (non-hydrogen) atoms. The predicted octanol–water partition coefficient (Wildman–Crippen LogP) is 6.84. The second-order valence-corrected chi connectivity index (χ2v) is 9.37. The van der Waals surface area contributed by atoms with E-state index in [2.05, 4.69) is 22.5 Å². The molecule has 4 rings (SSSR count). The van der Waals surface area contributed by atoms with Crippen LogP contribution >= 0.6 is 11.8 Å². The Kier molecular flexibility index (Phi) is 7.52. The molecule has 0 saturated heterocycles. The Morgan fingerprint density at radius 1 is 1.09 bits per heavy atom. The highest BCUT2D eigenvalue weighted by molar-refractivity contribution is 7.98. The number of aromatic hydroxyl groups is 1. The van der Waals surface area contributed by atoms with Crippen LogP contribution in [-0.4, -0.2) is 34.7 Å². The molecule has 1 fully saturated rings. The minimum absolute atomic E-state index is 0.110. The number of hydrogen-bond donors (Lipinski definition) is 3. The maximum atomic E-state index is 13.4. The smallest absolute Gasteiger partial charge is 0.406 e.